The number of carbonyl (C=O) groups excluding carboxylic acids is 1. The van der Waals surface area contributed by atoms with Crippen molar-refractivity contribution in [1.82, 2.24) is 0 Å². The summed E-state index contributed by atoms with van der Waals surface area (Å²) >= 11 is 0. The summed E-state index contributed by atoms with van der Waals surface area (Å²) in [5.74, 6) is 2.22. The molecule has 19 heavy (non-hydrogen) atoms. The molecule has 1 aromatic rings. The second-order valence-corrected chi connectivity index (χ2v) is 4.70. The van der Waals surface area contributed by atoms with Gasteiger partial charge >= 0.3 is 0 Å². The van der Waals surface area contributed by atoms with Gasteiger partial charge in [0.2, 0.25) is 5.91 Å². The molecule has 5 heteroatoms. The molecule has 0 bridgehead atoms. The van der Waals surface area contributed by atoms with Crippen molar-refractivity contribution in [3.63, 3.8) is 0 Å². The van der Waals surface area contributed by atoms with Crippen LogP contribution in [0.4, 0.5) is 11.4 Å². The number of nitro benzene ring substituents is 1. The van der Waals surface area contributed by atoms with Crippen molar-refractivity contribution in [2.24, 2.45) is 5.92 Å². The second kappa shape index (κ2) is 4.73. The van der Waals surface area contributed by atoms with Crippen LogP contribution in [-0.4, -0.2) is 17.4 Å². The third kappa shape index (κ3) is 2.17. The summed E-state index contributed by atoms with van der Waals surface area (Å²) in [7, 11) is 0. The maximum Gasteiger partial charge on any atom is 0.293 e. The van der Waals surface area contributed by atoms with Gasteiger partial charge < -0.3 is 4.90 Å². The van der Waals surface area contributed by atoms with Crippen molar-refractivity contribution in [3.8, 4) is 12.3 Å². The zero-order chi connectivity index (χ0) is 14.2. The molecule has 2 rings (SSSR count). The van der Waals surface area contributed by atoms with Crippen LogP contribution in [0.5, 0.6) is 0 Å². The van der Waals surface area contributed by atoms with E-state index in [0.29, 0.717) is 12.2 Å². The number of carbonyl (C=O) groups is 1. The number of anilines is 1. The van der Waals surface area contributed by atoms with E-state index in [2.05, 4.69) is 5.92 Å². The summed E-state index contributed by atoms with van der Waals surface area (Å²) in [5, 5.41) is 11.1. The highest BCUT2D eigenvalue weighted by atomic mass is 16.6. The molecule has 1 aromatic carbocycles. The van der Waals surface area contributed by atoms with Gasteiger partial charge in [0, 0.05) is 24.9 Å². The Labute approximate surface area is 111 Å². The Morgan fingerprint density at radius 2 is 2.16 bits per heavy atom. The minimum atomic E-state index is -0.460. The summed E-state index contributed by atoms with van der Waals surface area (Å²) in [6, 6.07) is 3.13. The molecule has 0 saturated carbocycles. The first kappa shape index (κ1) is 13.1. The van der Waals surface area contributed by atoms with Gasteiger partial charge in [0.1, 0.15) is 5.69 Å². The molecule has 1 aliphatic rings. The van der Waals surface area contributed by atoms with Crippen LogP contribution >= 0.6 is 0 Å². The van der Waals surface area contributed by atoms with Crippen LogP contribution in [0.2, 0.25) is 0 Å². The molecule has 1 aliphatic heterocycles. The monoisotopic (exact) mass is 258 g/mol. The van der Waals surface area contributed by atoms with Gasteiger partial charge in [0.05, 0.1) is 4.92 Å². The summed E-state index contributed by atoms with van der Waals surface area (Å²) in [6.45, 7) is 4.00. The molecule has 1 fully saturated rings. The number of nitrogens with zero attached hydrogens (tertiary/aromatic N) is 2. The molecule has 5 nitrogen and oxygen atoms in total. The second-order valence-electron chi connectivity index (χ2n) is 4.70. The Morgan fingerprint density at radius 1 is 1.47 bits per heavy atom. The molecule has 0 aliphatic carbocycles. The topological polar surface area (TPSA) is 63.5 Å². The summed E-state index contributed by atoms with van der Waals surface area (Å²) < 4.78 is 0. The van der Waals surface area contributed by atoms with Crippen molar-refractivity contribution in [2.75, 3.05) is 11.4 Å². The average molecular weight is 258 g/mol. The number of hydrogen-bond acceptors (Lipinski definition) is 3. The molecular formula is C14H14N2O3. The first-order chi connectivity index (χ1) is 8.95. The summed E-state index contributed by atoms with van der Waals surface area (Å²) in [5.41, 5.74) is 2.00. The van der Waals surface area contributed by atoms with E-state index in [1.54, 1.807) is 13.0 Å². The fourth-order valence-electron chi connectivity index (χ4n) is 2.31. The lowest BCUT2D eigenvalue weighted by atomic mass is 10.1. The van der Waals surface area contributed by atoms with Crippen molar-refractivity contribution < 1.29 is 9.72 Å². The van der Waals surface area contributed by atoms with Crippen LogP contribution in [0.3, 0.4) is 0 Å². The lowest BCUT2D eigenvalue weighted by Gasteiger charge is -2.19. The Hall–Kier alpha value is -2.35. The van der Waals surface area contributed by atoms with Crippen LogP contribution in [0.15, 0.2) is 12.1 Å². The van der Waals surface area contributed by atoms with E-state index in [9.17, 15) is 14.9 Å². The maximum absolute atomic E-state index is 12.0. The minimum Gasteiger partial charge on any atom is -0.305 e. The standard InChI is InChI=1S/C14H14N2O3/c1-4-11-7-13(17)15(8-11)14-10(3)9(2)5-6-12(14)16(18)19/h1,5-6,11H,7-8H2,2-3H3. The lowest BCUT2D eigenvalue weighted by Crippen LogP contribution is -2.26. The molecule has 0 radical (unpaired) electrons. The van der Waals surface area contributed by atoms with E-state index in [0.717, 1.165) is 11.1 Å². The maximum atomic E-state index is 12.0. The molecule has 0 N–H and O–H groups in total. The molecule has 1 atom stereocenters. The smallest absolute Gasteiger partial charge is 0.293 e. The highest BCUT2D eigenvalue weighted by Gasteiger charge is 2.34. The number of terminal acetylenes is 1. The predicted molar refractivity (Wildman–Crippen MR) is 71.9 cm³/mol. The number of amides is 1. The molecular weight excluding hydrogens is 244 g/mol. The highest BCUT2D eigenvalue weighted by molar-refractivity contribution is 5.99. The van der Waals surface area contributed by atoms with Gasteiger partial charge in [-0.1, -0.05) is 6.07 Å². The summed E-state index contributed by atoms with van der Waals surface area (Å²) in [4.78, 5) is 24.1. The fourth-order valence-corrected chi connectivity index (χ4v) is 2.31. The van der Waals surface area contributed by atoms with E-state index in [-0.39, 0.29) is 23.9 Å². The van der Waals surface area contributed by atoms with Crippen molar-refractivity contribution in [2.45, 2.75) is 20.3 Å². The SMILES string of the molecule is C#CC1CC(=O)N(c2c([N+](=O)[O-])ccc(C)c2C)C1. The predicted octanol–water partition coefficient (Wildman–Crippen LogP) is 2.20. The third-order valence-corrected chi connectivity index (χ3v) is 3.51. The highest BCUT2D eigenvalue weighted by Crippen LogP contribution is 2.37. The Morgan fingerprint density at radius 3 is 2.68 bits per heavy atom. The van der Waals surface area contributed by atoms with Crippen LogP contribution in [0.1, 0.15) is 17.5 Å². The van der Waals surface area contributed by atoms with Gasteiger partial charge in [-0.3, -0.25) is 14.9 Å². The van der Waals surface area contributed by atoms with Gasteiger partial charge in [0.25, 0.3) is 5.69 Å². The number of aryl methyl sites for hydroxylation is 1. The van der Waals surface area contributed by atoms with Crippen LogP contribution in [0, 0.1) is 42.2 Å². The van der Waals surface area contributed by atoms with Gasteiger partial charge in [-0.2, -0.15) is 0 Å². The van der Waals surface area contributed by atoms with E-state index < -0.39 is 4.92 Å². The quantitative estimate of drug-likeness (QED) is 0.464. The molecule has 0 spiro atoms. The number of hydrogen-bond donors (Lipinski definition) is 0. The van der Waals surface area contributed by atoms with Gasteiger partial charge in [-0.15, -0.1) is 12.3 Å². The largest absolute Gasteiger partial charge is 0.305 e. The van der Waals surface area contributed by atoms with Crippen molar-refractivity contribution in [1.29, 1.82) is 0 Å². The molecule has 0 aromatic heterocycles. The number of benzene rings is 1. The van der Waals surface area contributed by atoms with E-state index in [4.69, 9.17) is 6.42 Å². The van der Waals surface area contributed by atoms with Gasteiger partial charge in [0.15, 0.2) is 0 Å². The zero-order valence-corrected chi connectivity index (χ0v) is 10.8. The average Bonchev–Trinajstić information content (AvgIpc) is 2.73. The molecule has 1 heterocycles. The first-order valence-corrected chi connectivity index (χ1v) is 5.96. The van der Waals surface area contributed by atoms with Crippen LogP contribution < -0.4 is 4.90 Å². The molecule has 1 amide bonds. The van der Waals surface area contributed by atoms with Gasteiger partial charge in [-0.25, -0.2) is 0 Å². The van der Waals surface area contributed by atoms with Gasteiger partial charge in [-0.05, 0) is 25.0 Å². The van der Waals surface area contributed by atoms with Crippen molar-refractivity contribution in [3.05, 3.63) is 33.4 Å². The van der Waals surface area contributed by atoms with Crippen molar-refractivity contribution >= 4 is 17.3 Å². The fraction of sp³-hybridized carbons (Fsp3) is 0.357. The minimum absolute atomic E-state index is 0.0471. The molecule has 1 saturated heterocycles. The van der Waals surface area contributed by atoms with Crippen LogP contribution in [0.25, 0.3) is 0 Å². The normalized spacial score (nSPS) is 18.5. The first-order valence-electron chi connectivity index (χ1n) is 5.96. The third-order valence-electron chi connectivity index (χ3n) is 3.51. The molecule has 1 unspecified atom stereocenters. The lowest BCUT2D eigenvalue weighted by molar-refractivity contribution is -0.384. The molecule has 98 valence electrons. The van der Waals surface area contributed by atoms with Crippen LogP contribution in [-0.2, 0) is 4.79 Å². The van der Waals surface area contributed by atoms with E-state index in [1.165, 1.54) is 11.0 Å². The zero-order valence-electron chi connectivity index (χ0n) is 10.8. The summed E-state index contributed by atoms with van der Waals surface area (Å²) in [6.07, 6.45) is 5.59. The number of nitro groups is 1. The Kier molecular flexibility index (Phi) is 3.26. The Bertz CT molecular complexity index is 601. The van der Waals surface area contributed by atoms with E-state index in [1.807, 2.05) is 6.92 Å². The van der Waals surface area contributed by atoms with E-state index >= 15 is 0 Å². The Balaban J connectivity index is 2.56. The number of rotatable bonds is 2.